The number of ether oxygens (including phenoxy) is 1. The van der Waals surface area contributed by atoms with Gasteiger partial charge in [-0.2, -0.15) is 0 Å². The molecule has 0 radical (unpaired) electrons. The molecule has 0 unspecified atom stereocenters. The highest BCUT2D eigenvalue weighted by molar-refractivity contribution is 6.92. The molecule has 6 heteroatoms. The van der Waals surface area contributed by atoms with Crippen LogP contribution in [0.25, 0.3) is 0 Å². The van der Waals surface area contributed by atoms with E-state index in [0.717, 1.165) is 5.19 Å². The number of cyclic esters (lactones) is 2. The first-order valence-electron chi connectivity index (χ1n) is 6.62. The van der Waals surface area contributed by atoms with E-state index in [4.69, 9.17) is 4.74 Å². The smallest absolute Gasteiger partial charge is 0.346 e. The fraction of sp³-hybridized carbons (Fsp3) is 0.429. The average molecular weight is 308 g/mol. The molecule has 0 atom stereocenters. The Morgan fingerprint density at radius 3 is 1.85 bits per heavy atom. The van der Waals surface area contributed by atoms with E-state index in [0.29, 0.717) is 16.3 Å². The maximum Gasteiger partial charge on any atom is 0.346 e. The van der Waals surface area contributed by atoms with E-state index in [2.05, 4.69) is 19.6 Å². The van der Waals surface area contributed by atoms with Crippen molar-refractivity contribution >= 4 is 38.5 Å². The largest absolute Gasteiger partial charge is 0.508 e. The Hall–Kier alpha value is -1.41. The van der Waals surface area contributed by atoms with Gasteiger partial charge in [0.05, 0.1) is 27.3 Å². The van der Waals surface area contributed by atoms with Crippen LogP contribution in [0.2, 0.25) is 39.3 Å². The van der Waals surface area contributed by atoms with Crippen LogP contribution in [0.3, 0.4) is 0 Å². The van der Waals surface area contributed by atoms with Crippen LogP contribution in [0.5, 0.6) is 5.75 Å². The van der Waals surface area contributed by atoms with Gasteiger partial charge in [-0.3, -0.25) is 0 Å². The molecule has 0 amide bonds. The van der Waals surface area contributed by atoms with Crippen LogP contribution in [0, 0.1) is 0 Å². The van der Waals surface area contributed by atoms with E-state index in [-0.39, 0.29) is 5.75 Å². The van der Waals surface area contributed by atoms with E-state index < -0.39 is 28.1 Å². The number of esters is 2. The molecule has 0 bridgehead atoms. The predicted octanol–water partition coefficient (Wildman–Crippen LogP) is 1.79. The third-order valence-electron chi connectivity index (χ3n) is 3.46. The molecular formula is C14H20O4Si2. The lowest BCUT2D eigenvalue weighted by molar-refractivity contribution is 0.0444. The summed E-state index contributed by atoms with van der Waals surface area (Å²) in [7, 11) is -3.85. The van der Waals surface area contributed by atoms with Crippen molar-refractivity contribution in [1.82, 2.24) is 0 Å². The Bertz CT molecular complexity index is 622. The Morgan fingerprint density at radius 2 is 1.40 bits per heavy atom. The van der Waals surface area contributed by atoms with Gasteiger partial charge in [0.25, 0.3) is 0 Å². The molecule has 20 heavy (non-hydrogen) atoms. The Morgan fingerprint density at radius 1 is 0.900 bits per heavy atom. The molecule has 0 fully saturated rings. The van der Waals surface area contributed by atoms with Gasteiger partial charge in [-0.1, -0.05) is 39.3 Å². The molecule has 2 rings (SSSR count). The van der Waals surface area contributed by atoms with Crippen molar-refractivity contribution in [3.05, 3.63) is 17.2 Å². The minimum absolute atomic E-state index is 0.131. The zero-order valence-electron chi connectivity index (χ0n) is 12.7. The lowest BCUT2D eigenvalue weighted by Crippen LogP contribution is -2.47. The van der Waals surface area contributed by atoms with Crippen LogP contribution in [-0.4, -0.2) is 33.2 Å². The molecule has 0 saturated carbocycles. The molecular weight excluding hydrogens is 288 g/mol. The van der Waals surface area contributed by atoms with Gasteiger partial charge in [-0.15, -0.1) is 0 Å². The number of aromatic hydroxyl groups is 1. The van der Waals surface area contributed by atoms with Crippen LogP contribution < -0.4 is 10.4 Å². The lowest BCUT2D eigenvalue weighted by atomic mass is 10.1. The van der Waals surface area contributed by atoms with Crippen molar-refractivity contribution in [2.24, 2.45) is 0 Å². The summed E-state index contributed by atoms with van der Waals surface area (Å²) in [6.45, 7) is 12.3. The topological polar surface area (TPSA) is 63.6 Å². The van der Waals surface area contributed by atoms with Gasteiger partial charge in [0.2, 0.25) is 0 Å². The van der Waals surface area contributed by atoms with E-state index in [1.165, 1.54) is 0 Å². The van der Waals surface area contributed by atoms with E-state index >= 15 is 0 Å². The number of benzene rings is 1. The summed E-state index contributed by atoms with van der Waals surface area (Å²) < 4.78 is 4.81. The molecule has 1 heterocycles. The molecule has 0 spiro atoms. The van der Waals surface area contributed by atoms with Gasteiger partial charge in [0.1, 0.15) is 5.75 Å². The number of carbonyl (C=O) groups excluding carboxylic acids is 2. The normalized spacial score (nSPS) is 15.3. The number of phenolic OH excluding ortho intramolecular Hbond substituents is 1. The predicted molar refractivity (Wildman–Crippen MR) is 83.8 cm³/mol. The molecule has 0 aliphatic carbocycles. The highest BCUT2D eigenvalue weighted by Gasteiger charge is 2.42. The molecule has 1 aromatic carbocycles. The number of carbonyl (C=O) groups is 2. The second-order valence-electron chi connectivity index (χ2n) is 7.25. The van der Waals surface area contributed by atoms with Gasteiger partial charge < -0.3 is 9.84 Å². The van der Waals surface area contributed by atoms with Crippen molar-refractivity contribution in [3.8, 4) is 5.75 Å². The SMILES string of the molecule is C[Si](C)(C)c1cc(O)c([Si](C)(C)C)c2c1C(=O)OC2=O. The standard InChI is InChI=1S/C14H20O4Si2/c1-19(2,3)9-7-8(15)12(20(4,5)6)11-10(9)13(16)18-14(11)17/h7,15H,1-6H3. The quantitative estimate of drug-likeness (QED) is 0.514. The highest BCUT2D eigenvalue weighted by Crippen LogP contribution is 2.26. The van der Waals surface area contributed by atoms with E-state index in [9.17, 15) is 14.7 Å². The summed E-state index contributed by atoms with van der Waals surface area (Å²) in [6.07, 6.45) is 0. The van der Waals surface area contributed by atoms with Gasteiger partial charge >= 0.3 is 11.9 Å². The fourth-order valence-electron chi connectivity index (χ4n) is 2.62. The summed E-state index contributed by atoms with van der Waals surface area (Å²) in [5, 5.41) is 11.8. The van der Waals surface area contributed by atoms with Crippen LogP contribution in [0.4, 0.5) is 0 Å². The van der Waals surface area contributed by atoms with Crippen molar-refractivity contribution in [2.45, 2.75) is 39.3 Å². The van der Waals surface area contributed by atoms with Gasteiger partial charge in [-0.25, -0.2) is 9.59 Å². The average Bonchev–Trinajstić information content (AvgIpc) is 2.50. The third-order valence-corrected chi connectivity index (χ3v) is 7.47. The van der Waals surface area contributed by atoms with E-state index in [1.807, 2.05) is 19.6 Å². The minimum Gasteiger partial charge on any atom is -0.508 e. The van der Waals surface area contributed by atoms with Crippen molar-refractivity contribution in [1.29, 1.82) is 0 Å². The Labute approximate surface area is 120 Å². The molecule has 0 aromatic heterocycles. The Balaban J connectivity index is 2.93. The van der Waals surface area contributed by atoms with Crippen molar-refractivity contribution in [2.75, 3.05) is 0 Å². The van der Waals surface area contributed by atoms with Gasteiger partial charge in [0.15, 0.2) is 0 Å². The van der Waals surface area contributed by atoms with Crippen LogP contribution in [-0.2, 0) is 4.74 Å². The summed E-state index contributed by atoms with van der Waals surface area (Å²) in [5.41, 5.74) is 0.705. The molecule has 108 valence electrons. The van der Waals surface area contributed by atoms with Gasteiger partial charge in [-0.05, 0) is 16.4 Å². The summed E-state index contributed by atoms with van der Waals surface area (Å²) in [4.78, 5) is 24.1. The van der Waals surface area contributed by atoms with Crippen LogP contribution in [0.15, 0.2) is 6.07 Å². The zero-order valence-corrected chi connectivity index (χ0v) is 14.7. The first kappa shape index (κ1) is 15.0. The molecule has 4 nitrogen and oxygen atoms in total. The van der Waals surface area contributed by atoms with Crippen LogP contribution in [0.1, 0.15) is 20.7 Å². The lowest BCUT2D eigenvalue weighted by Gasteiger charge is -2.25. The molecule has 1 aliphatic heterocycles. The number of phenols is 1. The first-order chi connectivity index (χ1) is 8.94. The second kappa shape index (κ2) is 4.29. The summed E-state index contributed by atoms with van der Waals surface area (Å²) >= 11 is 0. The zero-order chi connectivity index (χ0) is 15.5. The number of hydrogen-bond donors (Lipinski definition) is 1. The third kappa shape index (κ3) is 2.22. The number of hydrogen-bond acceptors (Lipinski definition) is 4. The molecule has 1 aromatic rings. The van der Waals surface area contributed by atoms with Gasteiger partial charge in [0, 0.05) is 0 Å². The van der Waals surface area contributed by atoms with Crippen molar-refractivity contribution < 1.29 is 19.4 Å². The first-order valence-corrected chi connectivity index (χ1v) is 13.6. The highest BCUT2D eigenvalue weighted by atomic mass is 28.3. The molecule has 1 aliphatic rings. The number of fused-ring (bicyclic) bond motifs is 1. The number of rotatable bonds is 2. The Kier molecular flexibility index (Phi) is 3.22. The fourth-order valence-corrected chi connectivity index (χ4v) is 5.99. The summed E-state index contributed by atoms with van der Waals surface area (Å²) in [5.74, 6) is -1.05. The van der Waals surface area contributed by atoms with E-state index in [1.54, 1.807) is 6.07 Å². The molecule has 0 saturated heterocycles. The molecule has 1 N–H and O–H groups in total. The summed E-state index contributed by atoms with van der Waals surface area (Å²) in [6, 6.07) is 1.68. The monoisotopic (exact) mass is 308 g/mol. The maximum absolute atomic E-state index is 12.1. The van der Waals surface area contributed by atoms with Crippen molar-refractivity contribution in [3.63, 3.8) is 0 Å². The maximum atomic E-state index is 12.1. The van der Waals surface area contributed by atoms with Crippen LogP contribution >= 0.6 is 0 Å². The second-order valence-corrected chi connectivity index (χ2v) is 17.3. The minimum atomic E-state index is -1.98.